The Labute approximate surface area is 252 Å². The van der Waals surface area contributed by atoms with Gasteiger partial charge in [-0.3, -0.25) is 0 Å². The number of halogens is 6. The van der Waals surface area contributed by atoms with Gasteiger partial charge in [-0.2, -0.15) is 26.3 Å². The predicted octanol–water partition coefficient (Wildman–Crippen LogP) is 7.45. The van der Waals surface area contributed by atoms with E-state index in [0.29, 0.717) is 23.0 Å². The van der Waals surface area contributed by atoms with Crippen molar-refractivity contribution in [1.29, 1.82) is 0 Å². The lowest BCUT2D eigenvalue weighted by molar-refractivity contribution is -0.138. The highest BCUT2D eigenvalue weighted by atomic mass is 32.2. The van der Waals surface area contributed by atoms with Gasteiger partial charge >= 0.3 is 26.2 Å². The molecule has 3 nitrogen and oxygen atoms in total. The highest BCUT2D eigenvalue weighted by molar-refractivity contribution is 7.99. The highest BCUT2D eigenvalue weighted by Crippen LogP contribution is 2.33. The van der Waals surface area contributed by atoms with Crippen molar-refractivity contribution in [1.82, 2.24) is 0 Å². The normalized spacial score (nSPS) is 15.1. The maximum atomic E-state index is 12.5. The molecule has 0 radical (unpaired) electrons. The van der Waals surface area contributed by atoms with Crippen LogP contribution in [0.15, 0.2) is 105 Å². The molecule has 2 heterocycles. The summed E-state index contributed by atoms with van der Waals surface area (Å²) in [5, 5.41) is 0. The number of hydrogen-bond acceptors (Lipinski definition) is 4. The van der Waals surface area contributed by atoms with Gasteiger partial charge in [0.25, 0.3) is 0 Å². The number of benzene rings is 4. The van der Waals surface area contributed by atoms with Crippen LogP contribution in [-0.4, -0.2) is 18.0 Å². The van der Waals surface area contributed by atoms with Gasteiger partial charge in [0.2, 0.25) is 0 Å². The van der Waals surface area contributed by atoms with E-state index in [9.17, 15) is 30.6 Å². The molecular formula is C30H24B2F6O3S2. The van der Waals surface area contributed by atoms with E-state index in [1.54, 1.807) is 12.1 Å². The summed E-state index contributed by atoms with van der Waals surface area (Å²) in [4.78, 5) is 2.70. The van der Waals surface area contributed by atoms with Crippen LogP contribution in [0.5, 0.6) is 0 Å². The largest absolute Gasteiger partial charge is 0.427 e. The van der Waals surface area contributed by atoms with E-state index in [-0.39, 0.29) is 13.8 Å². The van der Waals surface area contributed by atoms with Gasteiger partial charge in [-0.05, 0) is 88.8 Å². The summed E-state index contributed by atoms with van der Waals surface area (Å²) in [5.74, 6) is 0. The van der Waals surface area contributed by atoms with Gasteiger partial charge < -0.3 is 9.31 Å². The molecule has 222 valence electrons. The Bertz CT molecular complexity index is 1630. The monoisotopic (exact) mass is 632 g/mol. The van der Waals surface area contributed by atoms with Crippen molar-refractivity contribution in [2.24, 2.45) is 0 Å². The lowest BCUT2D eigenvalue weighted by Crippen LogP contribution is -2.24. The zero-order chi connectivity index (χ0) is 30.9. The Morgan fingerprint density at radius 2 is 1.07 bits per heavy atom. The molecule has 4 aromatic rings. The van der Waals surface area contributed by atoms with E-state index < -0.39 is 34.3 Å². The first kappa shape index (κ1) is 31.4. The van der Waals surface area contributed by atoms with Crippen molar-refractivity contribution < 1.29 is 39.9 Å². The third kappa shape index (κ3) is 7.39. The minimum absolute atomic E-state index is 0.0560. The van der Waals surface area contributed by atoms with Crippen molar-refractivity contribution in [2.75, 3.05) is 0 Å². The van der Waals surface area contributed by atoms with E-state index in [0.717, 1.165) is 50.5 Å². The molecule has 2 aliphatic heterocycles. The first-order valence-corrected chi connectivity index (χ1v) is 15.2. The molecule has 43 heavy (non-hydrogen) atoms. The zero-order valence-corrected chi connectivity index (χ0v) is 24.6. The first-order chi connectivity index (χ1) is 20.3. The molecular weight excluding hydrogens is 608 g/mol. The van der Waals surface area contributed by atoms with Crippen LogP contribution >= 0.6 is 11.8 Å². The summed E-state index contributed by atoms with van der Waals surface area (Å²) in [6, 6.07) is 21.1. The Morgan fingerprint density at radius 3 is 1.60 bits per heavy atom. The molecule has 4 aromatic carbocycles. The van der Waals surface area contributed by atoms with Crippen LogP contribution in [0.25, 0.3) is 0 Å². The SMILES string of the molecule is CB1OCc2ccc(S(=O)c3ccc(C(F)(F)F)cc3)cc21.CB1OCc2ccc(Sc3ccc(C(F)(F)F)cc3)cc21. The summed E-state index contributed by atoms with van der Waals surface area (Å²) in [6.45, 7) is 5.09. The van der Waals surface area contributed by atoms with Crippen LogP contribution in [0.1, 0.15) is 22.3 Å². The molecule has 2 aliphatic rings. The van der Waals surface area contributed by atoms with E-state index >= 15 is 0 Å². The van der Waals surface area contributed by atoms with Crippen molar-refractivity contribution >= 4 is 47.3 Å². The first-order valence-electron chi connectivity index (χ1n) is 13.2. The minimum Gasteiger partial charge on any atom is -0.427 e. The van der Waals surface area contributed by atoms with Crippen molar-refractivity contribution in [3.05, 3.63) is 107 Å². The molecule has 6 rings (SSSR count). The maximum absolute atomic E-state index is 12.5. The quantitative estimate of drug-likeness (QED) is 0.173. The van der Waals surface area contributed by atoms with Crippen molar-refractivity contribution in [3.63, 3.8) is 0 Å². The topological polar surface area (TPSA) is 35.5 Å². The van der Waals surface area contributed by atoms with Gasteiger partial charge in [-0.25, -0.2) is 4.21 Å². The smallest absolute Gasteiger partial charge is 0.416 e. The Hall–Kier alpha value is -2.99. The van der Waals surface area contributed by atoms with Crippen LogP contribution in [0.3, 0.4) is 0 Å². The number of alkyl halides is 6. The Balaban J connectivity index is 0.000000171. The predicted molar refractivity (Wildman–Crippen MR) is 157 cm³/mol. The van der Waals surface area contributed by atoms with E-state index in [4.69, 9.17) is 9.31 Å². The van der Waals surface area contributed by atoms with Gasteiger partial charge in [0, 0.05) is 19.6 Å². The summed E-state index contributed by atoms with van der Waals surface area (Å²) in [5.41, 5.74) is 3.01. The molecule has 13 heteroatoms. The summed E-state index contributed by atoms with van der Waals surface area (Å²) in [6.07, 6.45) is -8.68. The molecule has 0 amide bonds. The molecule has 1 unspecified atom stereocenters. The molecule has 0 spiro atoms. The highest BCUT2D eigenvalue weighted by Gasteiger charge is 2.31. The van der Waals surface area contributed by atoms with E-state index in [2.05, 4.69) is 6.07 Å². The van der Waals surface area contributed by atoms with Crippen LogP contribution < -0.4 is 10.9 Å². The van der Waals surface area contributed by atoms with Gasteiger partial charge in [0.1, 0.15) is 0 Å². The Morgan fingerprint density at radius 1 is 0.628 bits per heavy atom. The molecule has 0 aliphatic carbocycles. The lowest BCUT2D eigenvalue weighted by atomic mass is 9.64. The van der Waals surface area contributed by atoms with Crippen LogP contribution in [0, 0.1) is 0 Å². The van der Waals surface area contributed by atoms with Gasteiger partial charge in [-0.1, -0.05) is 43.6 Å². The van der Waals surface area contributed by atoms with E-state index in [1.807, 2.05) is 31.8 Å². The molecule has 0 fully saturated rings. The molecule has 1 atom stereocenters. The third-order valence-electron chi connectivity index (χ3n) is 7.12. The molecule has 0 bridgehead atoms. The lowest BCUT2D eigenvalue weighted by Gasteiger charge is -2.08. The van der Waals surface area contributed by atoms with Crippen molar-refractivity contribution in [2.45, 2.75) is 58.8 Å². The molecule has 0 saturated carbocycles. The second-order valence-corrected chi connectivity index (χ2v) is 12.7. The number of rotatable bonds is 4. The fraction of sp³-hybridized carbons (Fsp3) is 0.200. The van der Waals surface area contributed by atoms with Crippen LogP contribution in [0.2, 0.25) is 13.6 Å². The van der Waals surface area contributed by atoms with Crippen LogP contribution in [0.4, 0.5) is 26.3 Å². The van der Waals surface area contributed by atoms with Gasteiger partial charge in [-0.15, -0.1) is 0 Å². The maximum Gasteiger partial charge on any atom is 0.416 e. The summed E-state index contributed by atoms with van der Waals surface area (Å²) >= 11 is 1.45. The second kappa shape index (κ2) is 12.6. The number of fused-ring (bicyclic) bond motifs is 2. The van der Waals surface area contributed by atoms with Gasteiger partial charge in [0.15, 0.2) is 0 Å². The van der Waals surface area contributed by atoms with Crippen LogP contribution in [-0.2, 0) is 45.7 Å². The average Bonchev–Trinajstić information content (AvgIpc) is 3.54. The zero-order valence-electron chi connectivity index (χ0n) is 23.0. The fourth-order valence-corrected chi connectivity index (χ4v) is 6.65. The second-order valence-electron chi connectivity index (χ2n) is 10.0. The standard InChI is InChI=1S/C15H12BF3O2S.C15H12BF3OS/c1-16-14-8-13(5-2-10(14)9-21-16)22(20)12-6-3-11(4-7-12)15(17,18)19;1-16-14-8-13(5-2-10(14)9-20-16)21-12-6-3-11(4-7-12)15(17,18)19/h2-8H,9H2,1H3;2-8H,9H2,1H3. The summed E-state index contributed by atoms with van der Waals surface area (Å²) in [7, 11) is -1.51. The molecule has 0 aromatic heterocycles. The van der Waals surface area contributed by atoms with E-state index in [1.165, 1.54) is 41.6 Å². The molecule has 0 saturated heterocycles. The molecule has 0 N–H and O–H groups in total. The average molecular weight is 632 g/mol. The minimum atomic E-state index is -4.39. The number of hydrogen-bond donors (Lipinski definition) is 0. The Kier molecular flexibility index (Phi) is 9.18. The van der Waals surface area contributed by atoms with Gasteiger partial charge in [0.05, 0.1) is 35.1 Å². The summed E-state index contributed by atoms with van der Waals surface area (Å²) < 4.78 is 98.7. The fourth-order valence-electron chi connectivity index (χ4n) is 4.71. The third-order valence-corrected chi connectivity index (χ3v) is 9.50. The van der Waals surface area contributed by atoms with Crippen molar-refractivity contribution in [3.8, 4) is 0 Å².